The summed E-state index contributed by atoms with van der Waals surface area (Å²) in [6.45, 7) is 0. The van der Waals surface area contributed by atoms with Crippen LogP contribution < -0.4 is 9.46 Å². The Balaban J connectivity index is 1.52. The average molecular weight is 421 g/mol. The SMILES string of the molecule is O=C(O)C1(NS(=O)(=O)c2ccc(Oc3ccc(F)cc3)cc2)CC2CCC(C1)O2. The van der Waals surface area contributed by atoms with Crippen molar-refractivity contribution in [2.45, 2.75) is 48.3 Å². The molecule has 2 aromatic rings. The smallest absolute Gasteiger partial charge is 0.325 e. The number of hydrogen-bond donors (Lipinski definition) is 2. The minimum Gasteiger partial charge on any atom is -0.480 e. The number of carboxylic acids is 1. The van der Waals surface area contributed by atoms with Crippen molar-refractivity contribution >= 4 is 16.0 Å². The summed E-state index contributed by atoms with van der Waals surface area (Å²) >= 11 is 0. The molecule has 7 nitrogen and oxygen atoms in total. The first-order valence-electron chi connectivity index (χ1n) is 9.22. The van der Waals surface area contributed by atoms with Gasteiger partial charge in [-0.1, -0.05) is 0 Å². The van der Waals surface area contributed by atoms with Crippen LogP contribution >= 0.6 is 0 Å². The molecule has 0 spiro atoms. The van der Waals surface area contributed by atoms with Crippen molar-refractivity contribution in [1.82, 2.24) is 4.72 Å². The van der Waals surface area contributed by atoms with Gasteiger partial charge in [0.2, 0.25) is 10.0 Å². The van der Waals surface area contributed by atoms with E-state index in [4.69, 9.17) is 9.47 Å². The van der Waals surface area contributed by atoms with Crippen molar-refractivity contribution in [3.05, 3.63) is 54.3 Å². The van der Waals surface area contributed by atoms with Crippen LogP contribution in [-0.2, 0) is 19.6 Å². The van der Waals surface area contributed by atoms with Crippen LogP contribution in [-0.4, -0.2) is 37.2 Å². The van der Waals surface area contributed by atoms with Crippen LogP contribution in [0, 0.1) is 5.82 Å². The summed E-state index contributed by atoms with van der Waals surface area (Å²) in [6.07, 6.45) is 1.17. The summed E-state index contributed by atoms with van der Waals surface area (Å²) in [5.74, 6) is -0.813. The molecule has 2 aliphatic rings. The molecule has 0 aromatic heterocycles. The lowest BCUT2D eigenvalue weighted by Gasteiger charge is -2.37. The zero-order valence-corrected chi connectivity index (χ0v) is 16.2. The third-order valence-electron chi connectivity index (χ3n) is 5.27. The molecule has 9 heteroatoms. The van der Waals surface area contributed by atoms with Crippen LogP contribution in [0.5, 0.6) is 11.5 Å². The highest BCUT2D eigenvalue weighted by atomic mass is 32.2. The van der Waals surface area contributed by atoms with Gasteiger partial charge in [-0.25, -0.2) is 12.8 Å². The van der Waals surface area contributed by atoms with Crippen LogP contribution in [0.25, 0.3) is 0 Å². The summed E-state index contributed by atoms with van der Waals surface area (Å²) < 4.78 is 52.3. The van der Waals surface area contributed by atoms with Crippen LogP contribution in [0.2, 0.25) is 0 Å². The molecule has 2 aliphatic heterocycles. The Kier molecular flexibility index (Phi) is 5.05. The number of sulfonamides is 1. The Morgan fingerprint density at radius 2 is 1.55 bits per heavy atom. The zero-order chi connectivity index (χ0) is 20.6. The third kappa shape index (κ3) is 4.12. The second-order valence-electron chi connectivity index (χ2n) is 7.39. The fourth-order valence-electron chi connectivity index (χ4n) is 3.88. The largest absolute Gasteiger partial charge is 0.480 e. The number of fused-ring (bicyclic) bond motifs is 2. The fraction of sp³-hybridized carbons (Fsp3) is 0.350. The van der Waals surface area contributed by atoms with E-state index in [0.29, 0.717) is 11.5 Å². The molecule has 0 aliphatic carbocycles. The number of nitrogens with one attached hydrogen (secondary N) is 1. The molecule has 0 saturated carbocycles. The van der Waals surface area contributed by atoms with Gasteiger partial charge < -0.3 is 14.6 Å². The van der Waals surface area contributed by atoms with E-state index in [9.17, 15) is 22.7 Å². The quantitative estimate of drug-likeness (QED) is 0.743. The molecule has 2 aromatic carbocycles. The maximum atomic E-state index is 13.0. The molecule has 154 valence electrons. The minimum atomic E-state index is -4.07. The van der Waals surface area contributed by atoms with E-state index >= 15 is 0 Å². The monoisotopic (exact) mass is 421 g/mol. The lowest BCUT2D eigenvalue weighted by Crippen LogP contribution is -2.59. The van der Waals surface area contributed by atoms with Gasteiger partial charge in [-0.2, -0.15) is 4.72 Å². The van der Waals surface area contributed by atoms with Crippen LogP contribution in [0.15, 0.2) is 53.4 Å². The van der Waals surface area contributed by atoms with Crippen molar-refractivity contribution in [1.29, 1.82) is 0 Å². The molecule has 0 radical (unpaired) electrons. The van der Waals surface area contributed by atoms with Crippen molar-refractivity contribution < 1.29 is 32.2 Å². The molecule has 29 heavy (non-hydrogen) atoms. The van der Waals surface area contributed by atoms with E-state index in [1.165, 1.54) is 48.5 Å². The number of hydrogen-bond acceptors (Lipinski definition) is 5. The van der Waals surface area contributed by atoms with Gasteiger partial charge in [-0.3, -0.25) is 4.79 Å². The average Bonchev–Trinajstić information content (AvgIpc) is 3.02. The molecule has 2 bridgehead atoms. The maximum absolute atomic E-state index is 13.0. The summed E-state index contributed by atoms with van der Waals surface area (Å²) in [5.41, 5.74) is -1.58. The van der Waals surface area contributed by atoms with E-state index < -0.39 is 27.3 Å². The fourth-order valence-corrected chi connectivity index (χ4v) is 5.26. The molecule has 2 heterocycles. The minimum absolute atomic E-state index is 0.0663. The molecule has 2 atom stereocenters. The van der Waals surface area contributed by atoms with Crippen molar-refractivity contribution in [2.24, 2.45) is 0 Å². The number of benzene rings is 2. The van der Waals surface area contributed by atoms with Crippen LogP contribution in [0.1, 0.15) is 25.7 Å². The molecule has 2 unspecified atom stereocenters. The Hall–Kier alpha value is -2.49. The topological polar surface area (TPSA) is 102 Å². The Morgan fingerprint density at radius 3 is 2.07 bits per heavy atom. The standard InChI is InChI=1S/C20H20FNO6S/c21-13-1-3-14(4-2-13)27-15-7-9-18(10-8-15)29(25,26)22-20(19(23)24)11-16-5-6-17(12-20)28-16/h1-4,7-10,16-17,22H,5-6,11-12H2,(H,23,24). The van der Waals surface area contributed by atoms with E-state index in [2.05, 4.69) is 4.72 Å². The van der Waals surface area contributed by atoms with E-state index in [0.717, 1.165) is 12.8 Å². The highest BCUT2D eigenvalue weighted by molar-refractivity contribution is 7.89. The van der Waals surface area contributed by atoms with Crippen molar-refractivity contribution in [3.63, 3.8) is 0 Å². The highest BCUT2D eigenvalue weighted by Gasteiger charge is 2.52. The van der Waals surface area contributed by atoms with E-state index in [1.54, 1.807) is 0 Å². The second-order valence-corrected chi connectivity index (χ2v) is 9.07. The summed E-state index contributed by atoms with van der Waals surface area (Å²) in [6, 6.07) is 11.0. The van der Waals surface area contributed by atoms with Gasteiger partial charge in [-0.15, -0.1) is 0 Å². The second kappa shape index (κ2) is 7.40. The van der Waals surface area contributed by atoms with Crippen molar-refractivity contribution in [3.8, 4) is 11.5 Å². The molecule has 2 N–H and O–H groups in total. The van der Waals surface area contributed by atoms with E-state index in [-0.39, 0.29) is 29.9 Å². The molecule has 2 saturated heterocycles. The van der Waals surface area contributed by atoms with Gasteiger partial charge in [0.25, 0.3) is 0 Å². The number of carboxylic acid groups (broad SMARTS) is 1. The first kappa shape index (κ1) is 19.8. The zero-order valence-electron chi connectivity index (χ0n) is 15.4. The lowest BCUT2D eigenvalue weighted by atomic mass is 9.88. The molecule has 0 amide bonds. The highest BCUT2D eigenvalue weighted by Crippen LogP contribution is 2.39. The molecule has 4 rings (SSSR count). The van der Waals surface area contributed by atoms with Gasteiger partial charge in [0, 0.05) is 12.8 Å². The summed E-state index contributed by atoms with van der Waals surface area (Å²) in [4.78, 5) is 11.9. The number of halogens is 1. The maximum Gasteiger partial charge on any atom is 0.325 e. The predicted molar refractivity (Wildman–Crippen MR) is 101 cm³/mol. The molecule has 2 fully saturated rings. The van der Waals surface area contributed by atoms with Crippen LogP contribution in [0.4, 0.5) is 4.39 Å². The van der Waals surface area contributed by atoms with Gasteiger partial charge in [0.1, 0.15) is 22.9 Å². The van der Waals surface area contributed by atoms with Crippen molar-refractivity contribution in [2.75, 3.05) is 0 Å². The normalized spacial score (nSPS) is 26.2. The third-order valence-corrected chi connectivity index (χ3v) is 6.82. The molecular formula is C20H20FNO6S. The number of rotatable bonds is 6. The Morgan fingerprint density at radius 1 is 1.03 bits per heavy atom. The Labute approximate surface area is 167 Å². The number of ether oxygens (including phenoxy) is 2. The number of aliphatic carboxylic acids is 1. The van der Waals surface area contributed by atoms with Crippen LogP contribution in [0.3, 0.4) is 0 Å². The summed E-state index contributed by atoms with van der Waals surface area (Å²) in [7, 11) is -4.07. The van der Waals surface area contributed by atoms with Gasteiger partial charge in [-0.05, 0) is 61.4 Å². The lowest BCUT2D eigenvalue weighted by molar-refractivity contribution is -0.151. The van der Waals surface area contributed by atoms with Gasteiger partial charge in [0.05, 0.1) is 17.1 Å². The first-order chi connectivity index (χ1) is 13.8. The van der Waals surface area contributed by atoms with E-state index in [1.807, 2.05) is 0 Å². The van der Waals surface area contributed by atoms with Gasteiger partial charge >= 0.3 is 5.97 Å². The number of carbonyl (C=O) groups is 1. The Bertz CT molecular complexity index is 994. The predicted octanol–water partition coefficient (Wildman–Crippen LogP) is 3.06. The summed E-state index contributed by atoms with van der Waals surface area (Å²) in [5, 5.41) is 9.76. The molecular weight excluding hydrogens is 401 g/mol. The van der Waals surface area contributed by atoms with Gasteiger partial charge in [0.15, 0.2) is 0 Å². The first-order valence-corrected chi connectivity index (χ1v) is 10.7.